The molecule has 0 saturated carbocycles. The number of benzene rings is 2. The first kappa shape index (κ1) is 17.7. The van der Waals surface area contributed by atoms with Crippen molar-refractivity contribution >= 4 is 23.3 Å². The molecule has 0 N–H and O–H groups in total. The van der Waals surface area contributed by atoms with Gasteiger partial charge >= 0.3 is 0 Å². The summed E-state index contributed by atoms with van der Waals surface area (Å²) in [5, 5.41) is 9.63. The van der Waals surface area contributed by atoms with Crippen LogP contribution in [0.2, 0.25) is 0 Å². The Hall–Kier alpha value is -2.71. The summed E-state index contributed by atoms with van der Waals surface area (Å²) in [5.74, 6) is 2.23. The van der Waals surface area contributed by atoms with Crippen LogP contribution < -0.4 is 4.74 Å². The lowest BCUT2D eigenvalue weighted by atomic mass is 10.1. The van der Waals surface area contributed by atoms with Crippen molar-refractivity contribution in [2.24, 2.45) is 0 Å². The minimum atomic E-state index is 0.722. The summed E-state index contributed by atoms with van der Waals surface area (Å²) in [6.45, 7) is 3.95. The molecule has 0 bridgehead atoms. The predicted molar refractivity (Wildman–Crippen MR) is 107 cm³/mol. The largest absolute Gasteiger partial charge is 0.496 e. The van der Waals surface area contributed by atoms with Crippen molar-refractivity contribution in [3.8, 4) is 22.8 Å². The number of nitrogens with zero attached hydrogens (tertiary/aromatic N) is 5. The maximum atomic E-state index is 5.53. The van der Waals surface area contributed by atoms with Crippen molar-refractivity contribution in [3.05, 3.63) is 59.9 Å². The average Bonchev–Trinajstić information content (AvgIpc) is 3.29. The zero-order valence-electron chi connectivity index (χ0n) is 15.1. The normalized spacial score (nSPS) is 10.9. The van der Waals surface area contributed by atoms with Crippen molar-refractivity contribution in [1.29, 1.82) is 0 Å². The van der Waals surface area contributed by atoms with Crippen LogP contribution in [0.4, 0.5) is 0 Å². The molecule has 2 heterocycles. The first-order valence-corrected chi connectivity index (χ1v) is 9.88. The van der Waals surface area contributed by atoms with Gasteiger partial charge in [-0.05, 0) is 61.4 Å². The Labute approximate surface area is 165 Å². The number of aromatic nitrogens is 5. The molecule has 0 radical (unpaired) electrons. The second kappa shape index (κ2) is 7.50. The molecule has 0 unspecified atom stereocenters. The minimum absolute atomic E-state index is 0.722. The van der Waals surface area contributed by atoms with E-state index < -0.39 is 0 Å². The van der Waals surface area contributed by atoms with Crippen molar-refractivity contribution in [3.63, 3.8) is 0 Å². The van der Waals surface area contributed by atoms with E-state index in [1.54, 1.807) is 7.11 Å². The van der Waals surface area contributed by atoms with Gasteiger partial charge < -0.3 is 4.74 Å². The Morgan fingerprint density at radius 2 is 1.78 bits per heavy atom. The van der Waals surface area contributed by atoms with Crippen molar-refractivity contribution in [2.75, 3.05) is 7.11 Å². The summed E-state index contributed by atoms with van der Waals surface area (Å²) < 4.78 is 12.6. The lowest BCUT2D eigenvalue weighted by Crippen LogP contribution is -2.00. The van der Waals surface area contributed by atoms with Crippen molar-refractivity contribution in [2.45, 2.75) is 23.3 Å². The van der Waals surface area contributed by atoms with Crippen LogP contribution >= 0.6 is 23.3 Å². The second-order valence-corrected chi connectivity index (χ2v) is 7.85. The van der Waals surface area contributed by atoms with Gasteiger partial charge in [-0.3, -0.25) is 4.57 Å². The third-order valence-electron chi connectivity index (χ3n) is 3.96. The number of para-hydroxylation sites is 1. The molecule has 8 heteroatoms. The number of methoxy groups -OCH3 is 1. The molecule has 0 spiro atoms. The molecule has 2 aromatic carbocycles. The van der Waals surface area contributed by atoms with Gasteiger partial charge in [-0.25, -0.2) is 4.98 Å². The van der Waals surface area contributed by atoms with Gasteiger partial charge in [0, 0.05) is 5.69 Å². The summed E-state index contributed by atoms with van der Waals surface area (Å²) in [6, 6.07) is 16.1. The van der Waals surface area contributed by atoms with Crippen LogP contribution in [0.15, 0.2) is 58.0 Å². The zero-order valence-corrected chi connectivity index (χ0v) is 16.7. The third kappa shape index (κ3) is 3.58. The van der Waals surface area contributed by atoms with Crippen molar-refractivity contribution in [1.82, 2.24) is 24.1 Å². The summed E-state index contributed by atoms with van der Waals surface area (Å²) >= 11 is 2.82. The standard InChI is InChI=1S/C19H17N5OS2/c1-12-8-10-14(11-9-12)24-17(15-6-4-5-7-16(15)25-3)21-22-18(24)26-19-20-13(2)23-27-19/h4-11H,1-3H3. The molecule has 0 aliphatic rings. The highest BCUT2D eigenvalue weighted by Crippen LogP contribution is 2.35. The van der Waals surface area contributed by atoms with Crippen LogP contribution in [-0.4, -0.2) is 31.2 Å². The monoisotopic (exact) mass is 395 g/mol. The van der Waals surface area contributed by atoms with E-state index >= 15 is 0 Å². The van der Waals surface area contributed by atoms with E-state index in [4.69, 9.17) is 4.74 Å². The Morgan fingerprint density at radius 1 is 1.00 bits per heavy atom. The van der Waals surface area contributed by atoms with Gasteiger partial charge in [0.05, 0.1) is 12.7 Å². The fourth-order valence-corrected chi connectivity index (χ4v) is 4.27. The molecule has 0 aliphatic carbocycles. The quantitative estimate of drug-likeness (QED) is 0.493. The highest BCUT2D eigenvalue weighted by Gasteiger charge is 2.20. The second-order valence-electron chi connectivity index (χ2n) is 5.89. The Morgan fingerprint density at radius 3 is 2.48 bits per heavy atom. The van der Waals surface area contributed by atoms with E-state index in [1.807, 2.05) is 35.8 Å². The van der Waals surface area contributed by atoms with Gasteiger partial charge in [0.2, 0.25) is 5.16 Å². The molecule has 27 heavy (non-hydrogen) atoms. The Balaban J connectivity index is 1.87. The van der Waals surface area contributed by atoms with E-state index in [-0.39, 0.29) is 0 Å². The van der Waals surface area contributed by atoms with Crippen LogP contribution in [-0.2, 0) is 0 Å². The van der Waals surface area contributed by atoms with Crippen molar-refractivity contribution < 1.29 is 4.74 Å². The van der Waals surface area contributed by atoms with Crippen LogP contribution in [0.1, 0.15) is 11.4 Å². The lowest BCUT2D eigenvalue weighted by Gasteiger charge is -2.12. The molecule has 0 aliphatic heterocycles. The molecule has 6 nitrogen and oxygen atoms in total. The van der Waals surface area contributed by atoms with E-state index in [0.717, 1.165) is 38.1 Å². The average molecular weight is 396 g/mol. The highest BCUT2D eigenvalue weighted by molar-refractivity contribution is 8.00. The SMILES string of the molecule is COc1ccccc1-c1nnc(Sc2nc(C)ns2)n1-c1ccc(C)cc1. The maximum absolute atomic E-state index is 5.53. The molecule has 0 fully saturated rings. The van der Waals surface area contributed by atoms with Crippen LogP contribution in [0.5, 0.6) is 5.75 Å². The molecular formula is C19H17N5OS2. The molecule has 4 rings (SSSR count). The summed E-state index contributed by atoms with van der Waals surface area (Å²) in [6.07, 6.45) is 0. The van der Waals surface area contributed by atoms with Gasteiger partial charge in [-0.2, -0.15) is 4.37 Å². The number of hydrogen-bond donors (Lipinski definition) is 0. The summed E-state index contributed by atoms with van der Waals surface area (Å²) in [4.78, 5) is 4.44. The molecule has 4 aromatic rings. The number of rotatable bonds is 5. The lowest BCUT2D eigenvalue weighted by molar-refractivity contribution is 0.416. The first-order valence-electron chi connectivity index (χ1n) is 8.29. The molecule has 136 valence electrons. The Kier molecular flexibility index (Phi) is 4.91. The third-order valence-corrected chi connectivity index (χ3v) is 5.75. The first-order chi connectivity index (χ1) is 13.2. The fourth-order valence-electron chi connectivity index (χ4n) is 2.66. The van der Waals surface area contributed by atoms with Crippen LogP contribution in [0.25, 0.3) is 17.1 Å². The minimum Gasteiger partial charge on any atom is -0.496 e. The molecule has 2 aromatic heterocycles. The summed E-state index contributed by atoms with van der Waals surface area (Å²) in [7, 11) is 1.66. The number of aryl methyl sites for hydroxylation is 2. The van der Waals surface area contributed by atoms with Gasteiger partial charge in [0.1, 0.15) is 11.6 Å². The Bertz CT molecular complexity index is 1070. The number of ether oxygens (including phenoxy) is 1. The smallest absolute Gasteiger partial charge is 0.203 e. The zero-order chi connectivity index (χ0) is 18.8. The predicted octanol–water partition coefficient (Wildman–Crippen LogP) is 4.56. The maximum Gasteiger partial charge on any atom is 0.203 e. The van der Waals surface area contributed by atoms with E-state index in [1.165, 1.54) is 28.9 Å². The van der Waals surface area contributed by atoms with Crippen LogP contribution in [0.3, 0.4) is 0 Å². The summed E-state index contributed by atoms with van der Waals surface area (Å²) in [5.41, 5.74) is 3.06. The van der Waals surface area contributed by atoms with Gasteiger partial charge in [0.25, 0.3) is 0 Å². The van der Waals surface area contributed by atoms with Gasteiger partial charge in [-0.1, -0.05) is 29.8 Å². The van der Waals surface area contributed by atoms with E-state index in [2.05, 4.69) is 50.7 Å². The van der Waals surface area contributed by atoms with Gasteiger partial charge in [-0.15, -0.1) is 10.2 Å². The molecular weight excluding hydrogens is 378 g/mol. The highest BCUT2D eigenvalue weighted by atomic mass is 32.2. The fraction of sp³-hybridized carbons (Fsp3) is 0.158. The molecule has 0 atom stereocenters. The molecule has 0 saturated heterocycles. The van der Waals surface area contributed by atoms with E-state index in [9.17, 15) is 0 Å². The topological polar surface area (TPSA) is 65.7 Å². The molecule has 0 amide bonds. The number of hydrogen-bond acceptors (Lipinski definition) is 7. The van der Waals surface area contributed by atoms with Gasteiger partial charge in [0.15, 0.2) is 10.2 Å². The van der Waals surface area contributed by atoms with E-state index in [0.29, 0.717) is 0 Å². The van der Waals surface area contributed by atoms with Crippen LogP contribution in [0, 0.1) is 13.8 Å².